The molecule has 7 heteroatoms. The summed E-state index contributed by atoms with van der Waals surface area (Å²) in [5.41, 5.74) is -1.24. The van der Waals surface area contributed by atoms with Crippen molar-refractivity contribution in [3.8, 4) is 0 Å². The van der Waals surface area contributed by atoms with Crippen molar-refractivity contribution < 1.29 is 23.6 Å². The first-order valence-electron chi connectivity index (χ1n) is 7.78. The van der Waals surface area contributed by atoms with Gasteiger partial charge in [0.15, 0.2) is 0 Å². The molecule has 0 aromatic heterocycles. The van der Waals surface area contributed by atoms with Crippen molar-refractivity contribution in [2.75, 3.05) is 13.2 Å². The van der Waals surface area contributed by atoms with Gasteiger partial charge in [-0.25, -0.2) is 4.79 Å². The second-order valence-electron chi connectivity index (χ2n) is 7.63. The van der Waals surface area contributed by atoms with Crippen molar-refractivity contribution in [1.29, 1.82) is 0 Å². The van der Waals surface area contributed by atoms with E-state index in [1.807, 2.05) is 55.4 Å². The van der Waals surface area contributed by atoms with E-state index >= 15 is 0 Å². The van der Waals surface area contributed by atoms with Crippen molar-refractivity contribution in [1.82, 2.24) is 5.32 Å². The molecule has 1 aliphatic rings. The van der Waals surface area contributed by atoms with Gasteiger partial charge in [0.25, 0.3) is 0 Å². The molecule has 0 aromatic carbocycles. The fraction of sp³-hybridized carbons (Fsp3) is 0.933. The number of hydrogen-bond donors (Lipinski definition) is 1. The Morgan fingerprint density at radius 2 is 1.68 bits per heavy atom. The summed E-state index contributed by atoms with van der Waals surface area (Å²) in [5, 5.41) is 2.65. The fourth-order valence-corrected chi connectivity index (χ4v) is 1.87. The van der Waals surface area contributed by atoms with E-state index in [2.05, 4.69) is 5.32 Å². The average molecular weight is 315 g/mol. The highest BCUT2D eigenvalue weighted by Gasteiger charge is 2.53. The maximum Gasteiger partial charge on any atom is 0.488 e. The summed E-state index contributed by atoms with van der Waals surface area (Å²) in [4.78, 5) is 11.5. The van der Waals surface area contributed by atoms with E-state index < -0.39 is 18.8 Å². The molecule has 0 saturated carbocycles. The maximum absolute atomic E-state index is 11.5. The van der Waals surface area contributed by atoms with Gasteiger partial charge in [0.1, 0.15) is 5.60 Å². The lowest BCUT2D eigenvalue weighted by atomic mass is 9.82. The number of nitrogens with one attached hydrogen (secondary N) is 1. The Morgan fingerprint density at radius 3 is 2.14 bits per heavy atom. The lowest BCUT2D eigenvalue weighted by Gasteiger charge is -2.32. The molecule has 1 unspecified atom stereocenters. The lowest BCUT2D eigenvalue weighted by Crippen LogP contribution is -2.41. The first-order chi connectivity index (χ1) is 9.84. The van der Waals surface area contributed by atoms with Gasteiger partial charge in [-0.15, -0.1) is 0 Å². The highest BCUT2D eigenvalue weighted by Crippen LogP contribution is 2.37. The Bertz CT molecular complexity index is 376. The summed E-state index contributed by atoms with van der Waals surface area (Å²) in [6.07, 6.45) is -0.445. The minimum atomic E-state index is -0.499. The lowest BCUT2D eigenvalue weighted by molar-refractivity contribution is 0.00578. The molecule has 0 bridgehead atoms. The highest BCUT2D eigenvalue weighted by molar-refractivity contribution is 6.47. The summed E-state index contributed by atoms with van der Waals surface area (Å²) in [7, 11) is -0.411. The van der Waals surface area contributed by atoms with Crippen LogP contribution in [0.4, 0.5) is 4.79 Å². The van der Waals surface area contributed by atoms with Crippen molar-refractivity contribution in [3.05, 3.63) is 0 Å². The SMILES string of the molecule is CC(OCCNC(=O)OC(C)(C)C)B1OC(C)(C)C(C)(C)O1. The summed E-state index contributed by atoms with van der Waals surface area (Å²) in [6, 6.07) is -0.221. The van der Waals surface area contributed by atoms with Crippen LogP contribution in [-0.2, 0) is 18.8 Å². The van der Waals surface area contributed by atoms with Crippen LogP contribution in [0.3, 0.4) is 0 Å². The summed E-state index contributed by atoms with van der Waals surface area (Å²) >= 11 is 0. The second-order valence-corrected chi connectivity index (χ2v) is 7.63. The van der Waals surface area contributed by atoms with E-state index in [9.17, 15) is 4.79 Å². The highest BCUT2D eigenvalue weighted by atomic mass is 16.7. The normalized spacial score (nSPS) is 21.5. The number of amides is 1. The Morgan fingerprint density at radius 1 is 1.18 bits per heavy atom. The molecule has 0 aliphatic carbocycles. The van der Waals surface area contributed by atoms with E-state index in [1.54, 1.807) is 0 Å². The van der Waals surface area contributed by atoms with Crippen molar-refractivity contribution in [3.63, 3.8) is 0 Å². The molecule has 1 N–H and O–H groups in total. The molecule has 1 fully saturated rings. The monoisotopic (exact) mass is 315 g/mol. The van der Waals surface area contributed by atoms with E-state index in [4.69, 9.17) is 18.8 Å². The van der Waals surface area contributed by atoms with E-state index in [1.165, 1.54) is 0 Å². The largest absolute Gasteiger partial charge is 0.488 e. The van der Waals surface area contributed by atoms with Crippen LogP contribution >= 0.6 is 0 Å². The molecular formula is C15H30BNO5. The zero-order valence-corrected chi connectivity index (χ0v) is 15.1. The number of carbonyl (C=O) groups excluding carboxylic acids is 1. The Kier molecular flexibility index (Phi) is 5.92. The van der Waals surface area contributed by atoms with Crippen LogP contribution in [0.15, 0.2) is 0 Å². The minimum Gasteiger partial charge on any atom is -0.444 e. The van der Waals surface area contributed by atoms with Crippen LogP contribution in [-0.4, -0.2) is 49.2 Å². The molecule has 1 rings (SSSR count). The maximum atomic E-state index is 11.5. The molecule has 128 valence electrons. The van der Waals surface area contributed by atoms with Crippen molar-refractivity contribution in [2.45, 2.75) is 78.2 Å². The zero-order valence-electron chi connectivity index (χ0n) is 15.1. The van der Waals surface area contributed by atoms with Gasteiger partial charge in [-0.1, -0.05) is 0 Å². The third-order valence-electron chi connectivity index (χ3n) is 3.81. The van der Waals surface area contributed by atoms with Crippen LogP contribution in [0.25, 0.3) is 0 Å². The minimum absolute atomic E-state index is 0.221. The smallest absolute Gasteiger partial charge is 0.444 e. The Balaban J connectivity index is 2.28. The van der Waals surface area contributed by atoms with Gasteiger partial charge in [-0.2, -0.15) is 0 Å². The Labute approximate surface area is 134 Å². The molecule has 1 heterocycles. The van der Waals surface area contributed by atoms with E-state index in [0.717, 1.165) is 0 Å². The van der Waals surface area contributed by atoms with Gasteiger partial charge in [-0.3, -0.25) is 0 Å². The zero-order chi connectivity index (χ0) is 17.2. The predicted octanol–water partition coefficient (Wildman–Crippen LogP) is 2.55. The third-order valence-corrected chi connectivity index (χ3v) is 3.81. The van der Waals surface area contributed by atoms with Crippen LogP contribution in [0.2, 0.25) is 0 Å². The second kappa shape index (κ2) is 6.77. The van der Waals surface area contributed by atoms with Gasteiger partial charge in [0.05, 0.1) is 23.8 Å². The summed E-state index contributed by atoms with van der Waals surface area (Å²) < 4.78 is 22.6. The predicted molar refractivity (Wildman–Crippen MR) is 85.7 cm³/mol. The van der Waals surface area contributed by atoms with Crippen LogP contribution in [0, 0.1) is 0 Å². The summed E-state index contributed by atoms with van der Waals surface area (Å²) in [5.74, 6) is 0. The quantitative estimate of drug-likeness (QED) is 0.624. The third kappa shape index (κ3) is 5.45. The van der Waals surface area contributed by atoms with Crippen molar-refractivity contribution >= 4 is 13.2 Å². The summed E-state index contributed by atoms with van der Waals surface area (Å²) in [6.45, 7) is 16.1. The van der Waals surface area contributed by atoms with Crippen LogP contribution in [0.5, 0.6) is 0 Å². The average Bonchev–Trinajstić information content (AvgIpc) is 2.51. The number of hydrogen-bond acceptors (Lipinski definition) is 5. The molecular weight excluding hydrogens is 285 g/mol. The molecule has 1 amide bonds. The first-order valence-corrected chi connectivity index (χ1v) is 7.78. The molecule has 0 radical (unpaired) electrons. The number of carbonyl (C=O) groups is 1. The molecule has 6 nitrogen and oxygen atoms in total. The molecule has 0 aromatic rings. The first kappa shape index (κ1) is 19.3. The molecule has 1 saturated heterocycles. The number of rotatable bonds is 5. The molecule has 22 heavy (non-hydrogen) atoms. The standard InChI is InChI=1S/C15H30BNO5/c1-11(16-21-14(5,6)15(7,8)22-16)19-10-9-17-12(18)20-13(2,3)4/h11H,9-10H2,1-8H3,(H,17,18). The topological polar surface area (TPSA) is 66.0 Å². The van der Waals surface area contributed by atoms with Crippen molar-refractivity contribution in [2.24, 2.45) is 0 Å². The van der Waals surface area contributed by atoms with Crippen LogP contribution in [0.1, 0.15) is 55.4 Å². The van der Waals surface area contributed by atoms with Gasteiger partial charge in [0.2, 0.25) is 0 Å². The Hall–Kier alpha value is -0.785. The molecule has 1 atom stereocenters. The molecule has 0 spiro atoms. The number of alkyl carbamates (subject to hydrolysis) is 1. The van der Waals surface area contributed by atoms with Gasteiger partial charge >= 0.3 is 13.2 Å². The van der Waals surface area contributed by atoms with Gasteiger partial charge in [0, 0.05) is 6.54 Å². The van der Waals surface area contributed by atoms with E-state index in [0.29, 0.717) is 13.2 Å². The fourth-order valence-electron chi connectivity index (χ4n) is 1.87. The number of ether oxygens (including phenoxy) is 2. The van der Waals surface area contributed by atoms with Gasteiger partial charge in [-0.05, 0) is 55.4 Å². The van der Waals surface area contributed by atoms with E-state index in [-0.39, 0.29) is 17.2 Å². The van der Waals surface area contributed by atoms with Crippen LogP contribution < -0.4 is 5.32 Å². The van der Waals surface area contributed by atoms with Gasteiger partial charge < -0.3 is 24.1 Å². The molecule has 1 aliphatic heterocycles.